The van der Waals surface area contributed by atoms with E-state index in [-0.39, 0.29) is 5.96 Å². The van der Waals surface area contributed by atoms with Gasteiger partial charge in [-0.25, -0.2) is 4.98 Å². The topological polar surface area (TPSA) is 98.6 Å². The lowest BCUT2D eigenvalue weighted by Gasteiger charge is -2.11. The van der Waals surface area contributed by atoms with E-state index in [1.165, 1.54) is 6.20 Å². The fourth-order valence-corrected chi connectivity index (χ4v) is 2.65. The van der Waals surface area contributed by atoms with Crippen LogP contribution in [0.25, 0.3) is 21.9 Å². The van der Waals surface area contributed by atoms with Gasteiger partial charge in [0.15, 0.2) is 5.96 Å². The molecule has 0 fully saturated rings. The van der Waals surface area contributed by atoms with Crippen molar-refractivity contribution in [2.75, 3.05) is 5.32 Å². The quantitative estimate of drug-likeness (QED) is 0.494. The summed E-state index contributed by atoms with van der Waals surface area (Å²) < 4.78 is 0. The molecule has 0 aliphatic carbocycles. The van der Waals surface area contributed by atoms with Gasteiger partial charge in [0.1, 0.15) is 5.82 Å². The van der Waals surface area contributed by atoms with E-state index >= 15 is 0 Å². The molecule has 0 spiro atoms. The zero-order valence-electron chi connectivity index (χ0n) is 12.0. The molecular formula is C17H12ClN5. The number of hydrogen-bond donors (Lipinski definition) is 3. The van der Waals surface area contributed by atoms with Gasteiger partial charge in [-0.05, 0) is 23.3 Å². The number of aromatic nitrogens is 1. The minimum Gasteiger partial charge on any atom is -0.370 e. The molecule has 0 radical (unpaired) electrons. The summed E-state index contributed by atoms with van der Waals surface area (Å²) in [5, 5.41) is 21.4. The molecule has 6 heteroatoms. The maximum Gasteiger partial charge on any atom is 0.191 e. The predicted molar refractivity (Wildman–Crippen MR) is 92.4 cm³/mol. The first-order valence-corrected chi connectivity index (χ1v) is 7.17. The SMILES string of the molecule is N#Cc1ccccc1-c1ccc2c(Cl)cnc(NC(=N)N)c2c1. The van der Waals surface area contributed by atoms with E-state index in [0.717, 1.165) is 21.9 Å². The van der Waals surface area contributed by atoms with Crippen LogP contribution in [0.3, 0.4) is 0 Å². The highest BCUT2D eigenvalue weighted by molar-refractivity contribution is 6.36. The van der Waals surface area contributed by atoms with Crippen LogP contribution < -0.4 is 11.1 Å². The number of anilines is 1. The van der Waals surface area contributed by atoms with Crippen LogP contribution in [0.4, 0.5) is 5.82 Å². The molecule has 3 aromatic rings. The van der Waals surface area contributed by atoms with Crippen LogP contribution in [0, 0.1) is 16.7 Å². The van der Waals surface area contributed by atoms with Crippen molar-refractivity contribution < 1.29 is 0 Å². The van der Waals surface area contributed by atoms with Crippen LogP contribution in [0.1, 0.15) is 5.56 Å². The largest absolute Gasteiger partial charge is 0.370 e. The smallest absolute Gasteiger partial charge is 0.191 e. The third kappa shape index (κ3) is 2.80. The maximum absolute atomic E-state index is 9.27. The molecule has 5 nitrogen and oxygen atoms in total. The van der Waals surface area contributed by atoms with Crippen molar-refractivity contribution in [3.63, 3.8) is 0 Å². The normalized spacial score (nSPS) is 10.3. The summed E-state index contributed by atoms with van der Waals surface area (Å²) >= 11 is 6.19. The molecule has 112 valence electrons. The minimum absolute atomic E-state index is 0.205. The van der Waals surface area contributed by atoms with Gasteiger partial charge in [-0.2, -0.15) is 5.26 Å². The number of pyridine rings is 1. The van der Waals surface area contributed by atoms with Crippen molar-refractivity contribution in [1.82, 2.24) is 4.98 Å². The van der Waals surface area contributed by atoms with Crippen molar-refractivity contribution in [3.8, 4) is 17.2 Å². The highest BCUT2D eigenvalue weighted by Gasteiger charge is 2.10. The van der Waals surface area contributed by atoms with Crippen molar-refractivity contribution >= 4 is 34.2 Å². The van der Waals surface area contributed by atoms with Gasteiger partial charge in [0.05, 0.1) is 16.7 Å². The van der Waals surface area contributed by atoms with Crippen molar-refractivity contribution in [2.24, 2.45) is 5.73 Å². The molecule has 1 aromatic heterocycles. The van der Waals surface area contributed by atoms with Crippen LogP contribution in [0.2, 0.25) is 5.02 Å². The molecule has 0 aliphatic heterocycles. The van der Waals surface area contributed by atoms with Gasteiger partial charge in [-0.3, -0.25) is 5.41 Å². The molecular weight excluding hydrogens is 310 g/mol. The molecule has 0 aliphatic rings. The van der Waals surface area contributed by atoms with Crippen LogP contribution in [0.5, 0.6) is 0 Å². The molecule has 2 aromatic carbocycles. The Morgan fingerprint density at radius 3 is 2.74 bits per heavy atom. The summed E-state index contributed by atoms with van der Waals surface area (Å²) in [6, 6.07) is 15.2. The number of rotatable bonds is 2. The van der Waals surface area contributed by atoms with E-state index in [4.69, 9.17) is 22.7 Å². The van der Waals surface area contributed by atoms with Gasteiger partial charge in [0.25, 0.3) is 0 Å². The minimum atomic E-state index is -0.205. The molecule has 0 atom stereocenters. The number of fused-ring (bicyclic) bond motifs is 1. The van der Waals surface area contributed by atoms with Gasteiger partial charge >= 0.3 is 0 Å². The number of nitrogens with one attached hydrogen (secondary N) is 2. The fraction of sp³-hybridized carbons (Fsp3) is 0. The van der Waals surface area contributed by atoms with E-state index in [1.54, 1.807) is 6.07 Å². The molecule has 1 heterocycles. The van der Waals surface area contributed by atoms with E-state index < -0.39 is 0 Å². The van der Waals surface area contributed by atoms with Gasteiger partial charge in [0, 0.05) is 17.0 Å². The van der Waals surface area contributed by atoms with Crippen molar-refractivity contribution in [1.29, 1.82) is 10.7 Å². The monoisotopic (exact) mass is 321 g/mol. The van der Waals surface area contributed by atoms with Gasteiger partial charge < -0.3 is 11.1 Å². The van der Waals surface area contributed by atoms with Gasteiger partial charge in [-0.1, -0.05) is 41.9 Å². The molecule has 0 saturated heterocycles. The average molecular weight is 322 g/mol. The summed E-state index contributed by atoms with van der Waals surface area (Å²) in [7, 11) is 0. The second-order valence-electron chi connectivity index (χ2n) is 4.91. The molecule has 3 rings (SSSR count). The van der Waals surface area contributed by atoms with Gasteiger partial charge in [0.2, 0.25) is 0 Å². The number of nitrogens with zero attached hydrogens (tertiary/aromatic N) is 2. The molecule has 0 bridgehead atoms. The lowest BCUT2D eigenvalue weighted by Crippen LogP contribution is -2.21. The Bertz CT molecular complexity index is 959. The van der Waals surface area contributed by atoms with E-state index in [9.17, 15) is 5.26 Å². The van der Waals surface area contributed by atoms with Crippen molar-refractivity contribution in [3.05, 3.63) is 59.2 Å². The van der Waals surface area contributed by atoms with Crippen LogP contribution >= 0.6 is 11.6 Å². The lowest BCUT2D eigenvalue weighted by atomic mass is 9.98. The summed E-state index contributed by atoms with van der Waals surface area (Å²) in [5.41, 5.74) is 7.68. The third-order valence-corrected chi connectivity index (χ3v) is 3.75. The maximum atomic E-state index is 9.27. The zero-order chi connectivity index (χ0) is 16.4. The Balaban J connectivity index is 2.25. The molecule has 0 unspecified atom stereocenters. The Morgan fingerprint density at radius 1 is 1.22 bits per heavy atom. The summed E-state index contributed by atoms with van der Waals surface area (Å²) in [5.74, 6) is 0.247. The van der Waals surface area contributed by atoms with E-state index in [1.807, 2.05) is 36.4 Å². The zero-order valence-corrected chi connectivity index (χ0v) is 12.7. The number of nitrogens with two attached hydrogens (primary N) is 1. The Labute approximate surface area is 137 Å². The Kier molecular flexibility index (Phi) is 3.83. The number of hydrogen-bond acceptors (Lipinski definition) is 3. The average Bonchev–Trinajstić information content (AvgIpc) is 2.57. The lowest BCUT2D eigenvalue weighted by molar-refractivity contribution is 1.32. The molecule has 0 amide bonds. The van der Waals surface area contributed by atoms with Gasteiger partial charge in [-0.15, -0.1) is 0 Å². The Morgan fingerprint density at radius 2 is 2.00 bits per heavy atom. The molecule has 4 N–H and O–H groups in total. The first-order valence-electron chi connectivity index (χ1n) is 6.79. The second kappa shape index (κ2) is 5.95. The fourth-order valence-electron chi connectivity index (χ4n) is 2.44. The first-order chi connectivity index (χ1) is 11.1. The van der Waals surface area contributed by atoms with Crippen LogP contribution in [-0.2, 0) is 0 Å². The van der Waals surface area contributed by atoms with Crippen LogP contribution in [-0.4, -0.2) is 10.9 Å². The first kappa shape index (κ1) is 14.8. The van der Waals surface area contributed by atoms with Crippen molar-refractivity contribution in [2.45, 2.75) is 0 Å². The number of guanidine groups is 1. The summed E-state index contributed by atoms with van der Waals surface area (Å²) in [6.07, 6.45) is 1.51. The highest BCUT2D eigenvalue weighted by atomic mass is 35.5. The summed E-state index contributed by atoms with van der Waals surface area (Å²) in [6.45, 7) is 0. The van der Waals surface area contributed by atoms with E-state index in [2.05, 4.69) is 16.4 Å². The predicted octanol–water partition coefficient (Wildman–Crippen LogP) is 3.73. The van der Waals surface area contributed by atoms with Crippen LogP contribution in [0.15, 0.2) is 48.7 Å². The second-order valence-corrected chi connectivity index (χ2v) is 5.32. The summed E-state index contributed by atoms with van der Waals surface area (Å²) in [4.78, 5) is 4.20. The molecule has 0 saturated carbocycles. The molecule has 23 heavy (non-hydrogen) atoms. The number of benzene rings is 2. The third-order valence-electron chi connectivity index (χ3n) is 3.45. The standard InChI is InChI=1S/C17H12ClN5/c18-15-9-22-16(23-17(20)21)14-7-10(5-6-13(14)15)12-4-2-1-3-11(12)8-19/h1-7,9H,(H4,20,21,22,23). The number of halogens is 1. The Hall–Kier alpha value is -3.10. The highest BCUT2D eigenvalue weighted by Crippen LogP contribution is 2.33. The number of nitriles is 1. The van der Waals surface area contributed by atoms with E-state index in [0.29, 0.717) is 16.4 Å².